The van der Waals surface area contributed by atoms with Gasteiger partial charge in [-0.1, -0.05) is 0 Å². The molecule has 0 amide bonds. The number of aryl methyl sites for hydroxylation is 1. The zero-order valence-electron chi connectivity index (χ0n) is 9.49. The fourth-order valence-electron chi connectivity index (χ4n) is 2.13. The Bertz CT molecular complexity index is 470. The molecular formula is C11H16ClNO2S2. The van der Waals surface area contributed by atoms with Gasteiger partial charge in [0.15, 0.2) is 0 Å². The van der Waals surface area contributed by atoms with Crippen LogP contribution in [-0.2, 0) is 16.4 Å². The largest absolute Gasteiger partial charge is 0.212 e. The molecule has 0 radical (unpaired) electrons. The standard InChI is InChI=1S/C11H16ClNO2S2/c12-6-2-8-17(14,15)13-10-3-1-4-11-9(10)5-7-16-11/h5,7,10,13H,1-4,6,8H2. The van der Waals surface area contributed by atoms with Crippen LogP contribution in [0.3, 0.4) is 0 Å². The number of sulfonamides is 1. The molecule has 0 fully saturated rings. The van der Waals surface area contributed by atoms with Gasteiger partial charge in [-0.15, -0.1) is 22.9 Å². The SMILES string of the molecule is O=S(=O)(CCCCl)NC1CCCc2sccc21. The molecule has 0 aromatic carbocycles. The monoisotopic (exact) mass is 293 g/mol. The molecule has 3 nitrogen and oxygen atoms in total. The number of thiophene rings is 1. The van der Waals surface area contributed by atoms with Crippen molar-refractivity contribution in [3.63, 3.8) is 0 Å². The molecule has 96 valence electrons. The summed E-state index contributed by atoms with van der Waals surface area (Å²) in [7, 11) is -3.19. The number of hydrogen-bond acceptors (Lipinski definition) is 3. The summed E-state index contributed by atoms with van der Waals surface area (Å²) in [6.07, 6.45) is 3.52. The maximum atomic E-state index is 11.8. The molecule has 0 aliphatic heterocycles. The van der Waals surface area contributed by atoms with Gasteiger partial charge in [0.2, 0.25) is 10.0 Å². The van der Waals surface area contributed by atoms with E-state index in [1.54, 1.807) is 11.3 Å². The molecule has 0 saturated carbocycles. The highest BCUT2D eigenvalue weighted by Crippen LogP contribution is 2.33. The molecular weight excluding hydrogens is 278 g/mol. The molecule has 1 aromatic rings. The zero-order chi connectivity index (χ0) is 12.3. The third-order valence-corrected chi connectivity index (χ3v) is 5.65. The lowest BCUT2D eigenvalue weighted by atomic mass is 9.95. The second kappa shape index (κ2) is 5.69. The first-order valence-electron chi connectivity index (χ1n) is 5.74. The molecule has 2 rings (SSSR count). The van der Waals surface area contributed by atoms with Crippen LogP contribution in [0, 0.1) is 0 Å². The van der Waals surface area contributed by atoms with Gasteiger partial charge >= 0.3 is 0 Å². The van der Waals surface area contributed by atoms with Crippen molar-refractivity contribution >= 4 is 33.0 Å². The molecule has 17 heavy (non-hydrogen) atoms. The van der Waals surface area contributed by atoms with Crippen molar-refractivity contribution in [3.05, 3.63) is 21.9 Å². The van der Waals surface area contributed by atoms with Crippen molar-refractivity contribution in [1.29, 1.82) is 0 Å². The van der Waals surface area contributed by atoms with E-state index in [1.807, 2.05) is 11.4 Å². The lowest BCUT2D eigenvalue weighted by Crippen LogP contribution is -2.32. The smallest absolute Gasteiger partial charge is 0.212 e. The fourth-order valence-corrected chi connectivity index (χ4v) is 4.73. The van der Waals surface area contributed by atoms with Crippen molar-refractivity contribution in [3.8, 4) is 0 Å². The summed E-state index contributed by atoms with van der Waals surface area (Å²) in [5.74, 6) is 0.502. The normalized spacial score (nSPS) is 20.2. The van der Waals surface area contributed by atoms with Gasteiger partial charge in [-0.25, -0.2) is 13.1 Å². The number of halogens is 1. The summed E-state index contributed by atoms with van der Waals surface area (Å²) in [6.45, 7) is 0. The summed E-state index contributed by atoms with van der Waals surface area (Å²) in [5, 5.41) is 2.04. The second-order valence-electron chi connectivity index (χ2n) is 4.22. The van der Waals surface area contributed by atoms with Gasteiger partial charge in [-0.05, 0) is 42.7 Å². The number of alkyl halides is 1. The van der Waals surface area contributed by atoms with Gasteiger partial charge in [-0.2, -0.15) is 0 Å². The number of fused-ring (bicyclic) bond motifs is 1. The van der Waals surface area contributed by atoms with Gasteiger partial charge in [0.25, 0.3) is 0 Å². The Labute approximate surface area is 111 Å². The summed E-state index contributed by atoms with van der Waals surface area (Å²) in [5.41, 5.74) is 1.16. The van der Waals surface area contributed by atoms with Gasteiger partial charge in [0, 0.05) is 16.8 Å². The van der Waals surface area contributed by atoms with E-state index in [0.717, 1.165) is 24.8 Å². The van der Waals surface area contributed by atoms with Crippen LogP contribution >= 0.6 is 22.9 Å². The van der Waals surface area contributed by atoms with Crippen LogP contribution in [0.2, 0.25) is 0 Å². The van der Waals surface area contributed by atoms with Gasteiger partial charge in [0.1, 0.15) is 0 Å². The highest BCUT2D eigenvalue weighted by molar-refractivity contribution is 7.89. The average molecular weight is 294 g/mol. The Balaban J connectivity index is 2.06. The van der Waals surface area contributed by atoms with Crippen molar-refractivity contribution in [2.45, 2.75) is 31.7 Å². The Morgan fingerprint density at radius 1 is 1.53 bits per heavy atom. The Morgan fingerprint density at radius 3 is 3.12 bits per heavy atom. The van der Waals surface area contributed by atoms with Crippen LogP contribution in [0.1, 0.15) is 35.7 Å². The minimum absolute atomic E-state index is 0.0367. The Kier molecular flexibility index (Phi) is 4.47. The quantitative estimate of drug-likeness (QED) is 0.849. The molecule has 1 unspecified atom stereocenters. The van der Waals surface area contributed by atoms with E-state index in [-0.39, 0.29) is 11.8 Å². The van der Waals surface area contributed by atoms with E-state index in [0.29, 0.717) is 12.3 Å². The van der Waals surface area contributed by atoms with Gasteiger partial charge < -0.3 is 0 Å². The third kappa shape index (κ3) is 3.44. The number of nitrogens with one attached hydrogen (secondary N) is 1. The topological polar surface area (TPSA) is 46.2 Å². The van der Waals surface area contributed by atoms with Crippen LogP contribution in [0.25, 0.3) is 0 Å². The number of hydrogen-bond donors (Lipinski definition) is 1. The van der Waals surface area contributed by atoms with Crippen LogP contribution in [0.15, 0.2) is 11.4 Å². The molecule has 0 bridgehead atoms. The van der Waals surface area contributed by atoms with E-state index in [1.165, 1.54) is 4.88 Å². The first-order chi connectivity index (χ1) is 8.12. The Hall–Kier alpha value is -0.100. The first-order valence-corrected chi connectivity index (χ1v) is 8.81. The average Bonchev–Trinajstić information content (AvgIpc) is 2.75. The zero-order valence-corrected chi connectivity index (χ0v) is 11.9. The van der Waals surface area contributed by atoms with E-state index in [9.17, 15) is 8.42 Å². The third-order valence-electron chi connectivity index (χ3n) is 2.92. The maximum Gasteiger partial charge on any atom is 0.212 e. The van der Waals surface area contributed by atoms with Crippen molar-refractivity contribution in [2.24, 2.45) is 0 Å². The molecule has 1 aliphatic carbocycles. The summed E-state index contributed by atoms with van der Waals surface area (Å²) >= 11 is 7.24. The molecule has 6 heteroatoms. The van der Waals surface area contributed by atoms with Crippen molar-refractivity contribution in [1.82, 2.24) is 4.72 Å². The maximum absolute atomic E-state index is 11.8. The van der Waals surface area contributed by atoms with Crippen LogP contribution < -0.4 is 4.72 Å². The lowest BCUT2D eigenvalue weighted by molar-refractivity contribution is 0.511. The second-order valence-corrected chi connectivity index (χ2v) is 7.48. The molecule has 0 spiro atoms. The van der Waals surface area contributed by atoms with E-state index in [4.69, 9.17) is 11.6 Å². The summed E-state index contributed by atoms with van der Waals surface area (Å²) in [4.78, 5) is 1.32. The molecule has 1 aromatic heterocycles. The van der Waals surface area contributed by atoms with E-state index >= 15 is 0 Å². The number of rotatable bonds is 5. The predicted octanol–water partition coefficient (Wildman–Crippen LogP) is 2.67. The predicted molar refractivity (Wildman–Crippen MR) is 72.3 cm³/mol. The Morgan fingerprint density at radius 2 is 2.35 bits per heavy atom. The summed E-state index contributed by atoms with van der Waals surface area (Å²) < 4.78 is 26.4. The fraction of sp³-hybridized carbons (Fsp3) is 0.636. The van der Waals surface area contributed by atoms with Crippen molar-refractivity contribution < 1.29 is 8.42 Å². The highest BCUT2D eigenvalue weighted by Gasteiger charge is 2.25. The molecule has 1 atom stereocenters. The van der Waals surface area contributed by atoms with Crippen LogP contribution in [-0.4, -0.2) is 20.1 Å². The van der Waals surface area contributed by atoms with Crippen LogP contribution in [0.4, 0.5) is 0 Å². The van der Waals surface area contributed by atoms with Crippen molar-refractivity contribution in [2.75, 3.05) is 11.6 Å². The first kappa shape index (κ1) is 13.3. The molecule has 1 aliphatic rings. The lowest BCUT2D eigenvalue weighted by Gasteiger charge is -2.23. The molecule has 1 N–H and O–H groups in total. The van der Waals surface area contributed by atoms with E-state index in [2.05, 4.69) is 4.72 Å². The molecule has 1 heterocycles. The van der Waals surface area contributed by atoms with Crippen LogP contribution in [0.5, 0.6) is 0 Å². The van der Waals surface area contributed by atoms with E-state index < -0.39 is 10.0 Å². The summed E-state index contributed by atoms with van der Waals surface area (Å²) in [6, 6.07) is 2.00. The van der Waals surface area contributed by atoms with Gasteiger partial charge in [0.05, 0.1) is 5.75 Å². The van der Waals surface area contributed by atoms with Gasteiger partial charge in [-0.3, -0.25) is 0 Å². The minimum atomic E-state index is -3.19. The highest BCUT2D eigenvalue weighted by atomic mass is 35.5. The molecule has 0 saturated heterocycles. The minimum Gasteiger partial charge on any atom is -0.212 e.